The lowest BCUT2D eigenvalue weighted by molar-refractivity contribution is 0.0947. The van der Waals surface area contributed by atoms with Gasteiger partial charge in [0.1, 0.15) is 0 Å². The second-order valence-corrected chi connectivity index (χ2v) is 6.16. The molecule has 0 atom stereocenters. The summed E-state index contributed by atoms with van der Waals surface area (Å²) in [4.78, 5) is 17.4. The Morgan fingerprint density at radius 3 is 2.52 bits per heavy atom. The molecule has 0 saturated carbocycles. The van der Waals surface area contributed by atoms with Crippen LogP contribution in [-0.4, -0.2) is 20.7 Å². The molecule has 0 radical (unpaired) electrons. The number of aromatic nitrogens is 3. The molecule has 2 aromatic heterocycles. The largest absolute Gasteiger partial charge is 0.461 e. The zero-order valence-electron chi connectivity index (χ0n) is 14.8. The van der Waals surface area contributed by atoms with Gasteiger partial charge in [-0.1, -0.05) is 48.0 Å². The molecule has 0 aliphatic carbocycles. The lowest BCUT2D eigenvalue weighted by Gasteiger charge is -2.07. The number of nitrogens with one attached hydrogen (secondary N) is 1. The van der Waals surface area contributed by atoms with Gasteiger partial charge in [-0.2, -0.15) is 9.67 Å². The molecule has 2 heterocycles. The van der Waals surface area contributed by atoms with Gasteiger partial charge in [0.05, 0.1) is 6.26 Å². The van der Waals surface area contributed by atoms with E-state index >= 15 is 0 Å². The molecule has 27 heavy (non-hydrogen) atoms. The van der Waals surface area contributed by atoms with Crippen LogP contribution in [0.25, 0.3) is 11.6 Å². The van der Waals surface area contributed by atoms with Gasteiger partial charge in [0.25, 0.3) is 5.91 Å². The first-order valence-electron chi connectivity index (χ1n) is 8.61. The van der Waals surface area contributed by atoms with Crippen LogP contribution >= 0.6 is 0 Å². The second kappa shape index (κ2) is 7.29. The minimum Gasteiger partial charge on any atom is -0.461 e. The van der Waals surface area contributed by atoms with Crippen molar-refractivity contribution < 1.29 is 9.21 Å². The highest BCUT2D eigenvalue weighted by Gasteiger charge is 2.19. The highest BCUT2D eigenvalue weighted by molar-refractivity contribution is 5.97. The third-order valence-corrected chi connectivity index (χ3v) is 4.13. The summed E-state index contributed by atoms with van der Waals surface area (Å²) in [6.45, 7) is 2.50. The molecule has 0 aliphatic rings. The van der Waals surface area contributed by atoms with Crippen LogP contribution in [0.1, 0.15) is 21.5 Å². The van der Waals surface area contributed by atoms with Crippen molar-refractivity contribution in [1.29, 1.82) is 0 Å². The van der Waals surface area contributed by atoms with Gasteiger partial charge in [0.2, 0.25) is 11.8 Å². The van der Waals surface area contributed by atoms with Crippen LogP contribution < -0.4 is 5.32 Å². The van der Waals surface area contributed by atoms with Crippen LogP contribution in [-0.2, 0) is 6.54 Å². The molecule has 0 unspecified atom stereocenters. The first-order chi connectivity index (χ1) is 13.2. The first-order valence-corrected chi connectivity index (χ1v) is 8.61. The van der Waals surface area contributed by atoms with Crippen molar-refractivity contribution in [3.8, 4) is 11.6 Å². The Bertz CT molecular complexity index is 1040. The fourth-order valence-corrected chi connectivity index (χ4v) is 2.67. The van der Waals surface area contributed by atoms with Crippen molar-refractivity contribution in [3.05, 3.63) is 89.7 Å². The highest BCUT2D eigenvalue weighted by Crippen LogP contribution is 2.20. The summed E-state index contributed by atoms with van der Waals surface area (Å²) in [6, 6.07) is 20.8. The van der Waals surface area contributed by atoms with E-state index in [0.717, 1.165) is 11.1 Å². The average molecular weight is 358 g/mol. The molecule has 4 aromatic rings. The molecule has 134 valence electrons. The van der Waals surface area contributed by atoms with Gasteiger partial charge in [-0.05, 0) is 36.8 Å². The van der Waals surface area contributed by atoms with Gasteiger partial charge in [0, 0.05) is 12.1 Å². The Kier molecular flexibility index (Phi) is 4.53. The predicted molar refractivity (Wildman–Crippen MR) is 102 cm³/mol. The van der Waals surface area contributed by atoms with Crippen molar-refractivity contribution in [2.24, 2.45) is 0 Å². The Morgan fingerprint density at radius 1 is 1.04 bits per heavy atom. The van der Waals surface area contributed by atoms with Gasteiger partial charge in [-0.3, -0.25) is 4.79 Å². The van der Waals surface area contributed by atoms with Gasteiger partial charge in [0.15, 0.2) is 5.76 Å². The second-order valence-electron chi connectivity index (χ2n) is 6.16. The quantitative estimate of drug-likeness (QED) is 0.580. The molecule has 6 nitrogen and oxygen atoms in total. The molecule has 2 aromatic carbocycles. The first kappa shape index (κ1) is 16.8. The highest BCUT2D eigenvalue weighted by atomic mass is 16.3. The summed E-state index contributed by atoms with van der Waals surface area (Å²) >= 11 is 0. The van der Waals surface area contributed by atoms with Crippen LogP contribution in [0.4, 0.5) is 5.95 Å². The SMILES string of the molecule is Cc1ccc(C(=O)n2nc(-c3ccco3)nc2NCc2ccccc2)cc1. The van der Waals surface area contributed by atoms with Gasteiger partial charge in [-0.15, -0.1) is 5.10 Å². The van der Waals surface area contributed by atoms with Crippen LogP contribution in [0.5, 0.6) is 0 Å². The van der Waals surface area contributed by atoms with Crippen molar-refractivity contribution in [3.63, 3.8) is 0 Å². The molecule has 6 heteroatoms. The van der Waals surface area contributed by atoms with Crippen molar-refractivity contribution in [1.82, 2.24) is 14.8 Å². The number of hydrogen-bond donors (Lipinski definition) is 1. The van der Waals surface area contributed by atoms with E-state index in [1.54, 1.807) is 30.5 Å². The number of anilines is 1. The van der Waals surface area contributed by atoms with E-state index in [9.17, 15) is 4.79 Å². The van der Waals surface area contributed by atoms with E-state index in [4.69, 9.17) is 4.42 Å². The molecule has 0 spiro atoms. The van der Waals surface area contributed by atoms with Gasteiger partial charge < -0.3 is 9.73 Å². The maximum absolute atomic E-state index is 13.0. The van der Waals surface area contributed by atoms with Gasteiger partial charge in [-0.25, -0.2) is 0 Å². The fourth-order valence-electron chi connectivity index (χ4n) is 2.67. The van der Waals surface area contributed by atoms with E-state index in [-0.39, 0.29) is 5.91 Å². The molecule has 0 fully saturated rings. The molecule has 4 rings (SSSR count). The molecule has 0 amide bonds. The van der Waals surface area contributed by atoms with Crippen molar-refractivity contribution in [2.45, 2.75) is 13.5 Å². The van der Waals surface area contributed by atoms with Crippen molar-refractivity contribution >= 4 is 11.9 Å². The van der Waals surface area contributed by atoms with Crippen LogP contribution in [0.15, 0.2) is 77.4 Å². The smallest absolute Gasteiger partial charge is 0.281 e. The number of rotatable bonds is 5. The molecule has 0 bridgehead atoms. The lowest BCUT2D eigenvalue weighted by atomic mass is 10.1. The minimum atomic E-state index is -0.254. The number of hydrogen-bond acceptors (Lipinski definition) is 5. The summed E-state index contributed by atoms with van der Waals surface area (Å²) in [5.74, 6) is 0.982. The standard InChI is InChI=1S/C21H18N4O2/c1-15-9-11-17(12-10-15)20(26)25-21(22-14-16-6-3-2-4-7-16)23-19(24-25)18-8-5-13-27-18/h2-13H,14H2,1H3,(H,22,23,24). The topological polar surface area (TPSA) is 73.0 Å². The Hall–Kier alpha value is -3.67. The Balaban J connectivity index is 1.67. The zero-order chi connectivity index (χ0) is 18.6. The Morgan fingerprint density at radius 2 is 1.81 bits per heavy atom. The number of benzene rings is 2. The Labute approximate surface area is 156 Å². The van der Waals surface area contributed by atoms with E-state index in [0.29, 0.717) is 29.6 Å². The predicted octanol–water partition coefficient (Wildman–Crippen LogP) is 4.15. The summed E-state index contributed by atoms with van der Waals surface area (Å²) < 4.78 is 6.66. The maximum Gasteiger partial charge on any atom is 0.281 e. The van der Waals surface area contributed by atoms with Crippen LogP contribution in [0.3, 0.4) is 0 Å². The molecule has 0 saturated heterocycles. The van der Waals surface area contributed by atoms with Crippen LogP contribution in [0.2, 0.25) is 0 Å². The van der Waals surface area contributed by atoms with E-state index < -0.39 is 0 Å². The van der Waals surface area contributed by atoms with E-state index in [1.165, 1.54) is 4.68 Å². The third kappa shape index (κ3) is 3.64. The minimum absolute atomic E-state index is 0.254. The summed E-state index contributed by atoms with van der Waals surface area (Å²) in [5, 5.41) is 7.56. The van der Waals surface area contributed by atoms with Gasteiger partial charge >= 0.3 is 0 Å². The van der Waals surface area contributed by atoms with E-state index in [1.807, 2.05) is 49.4 Å². The number of aryl methyl sites for hydroxylation is 1. The lowest BCUT2D eigenvalue weighted by Crippen LogP contribution is -2.17. The molecule has 0 aliphatic heterocycles. The fraction of sp³-hybridized carbons (Fsp3) is 0.0952. The molecular weight excluding hydrogens is 340 g/mol. The zero-order valence-corrected chi connectivity index (χ0v) is 14.8. The summed E-state index contributed by atoms with van der Waals surface area (Å²) in [6.07, 6.45) is 1.55. The number of furan rings is 1. The summed E-state index contributed by atoms with van der Waals surface area (Å²) in [5.41, 5.74) is 2.71. The number of nitrogens with zero attached hydrogens (tertiary/aromatic N) is 3. The monoisotopic (exact) mass is 358 g/mol. The van der Waals surface area contributed by atoms with Crippen molar-refractivity contribution in [2.75, 3.05) is 5.32 Å². The van der Waals surface area contributed by atoms with E-state index in [2.05, 4.69) is 15.4 Å². The average Bonchev–Trinajstić information content (AvgIpc) is 3.37. The van der Waals surface area contributed by atoms with Crippen LogP contribution in [0, 0.1) is 6.92 Å². The maximum atomic E-state index is 13.0. The summed E-state index contributed by atoms with van der Waals surface area (Å²) in [7, 11) is 0. The molecular formula is C21H18N4O2. The normalized spacial score (nSPS) is 10.7. The number of carbonyl (C=O) groups excluding carboxylic acids is 1. The third-order valence-electron chi connectivity index (χ3n) is 4.13. The number of carbonyl (C=O) groups is 1. The molecule has 1 N–H and O–H groups in total.